The molecule has 2 fully saturated rings. The molecule has 2 aliphatic heterocycles. The van der Waals surface area contributed by atoms with Crippen LogP contribution < -0.4 is 9.80 Å². The lowest BCUT2D eigenvalue weighted by Gasteiger charge is -2.33. The highest BCUT2D eigenvalue weighted by Gasteiger charge is 2.21. The van der Waals surface area contributed by atoms with Crippen molar-refractivity contribution >= 4 is 11.4 Å². The topological polar surface area (TPSA) is 41.7 Å². The normalized spacial score (nSPS) is 18.9. The van der Waals surface area contributed by atoms with Crippen LogP contribution in [0.3, 0.4) is 0 Å². The second-order valence-electron chi connectivity index (χ2n) is 5.86. The van der Waals surface area contributed by atoms with E-state index < -0.39 is 0 Å². The molecule has 0 atom stereocenters. The van der Waals surface area contributed by atoms with E-state index in [0.29, 0.717) is 0 Å². The Bertz CT molecular complexity index is 615. The van der Waals surface area contributed by atoms with E-state index >= 15 is 0 Å². The smallest absolute Gasteiger partial charge is 0.181 e. The highest BCUT2D eigenvalue weighted by atomic mass is 16.5. The number of nitrogens with zero attached hydrogens (tertiary/aromatic N) is 3. The second-order valence-corrected chi connectivity index (χ2v) is 5.86. The van der Waals surface area contributed by atoms with Crippen LogP contribution >= 0.6 is 0 Å². The zero-order valence-corrected chi connectivity index (χ0v) is 12.7. The van der Waals surface area contributed by atoms with Crippen LogP contribution in [-0.4, -0.2) is 44.4 Å². The van der Waals surface area contributed by atoms with E-state index in [1.54, 1.807) is 6.20 Å². The summed E-state index contributed by atoms with van der Waals surface area (Å²) in [5, 5.41) is 0. The molecule has 22 heavy (non-hydrogen) atoms. The largest absolute Gasteiger partial charge is 0.444 e. The Morgan fingerprint density at radius 1 is 0.909 bits per heavy atom. The van der Waals surface area contributed by atoms with Gasteiger partial charge in [0.25, 0.3) is 0 Å². The number of oxazole rings is 1. The molecule has 0 spiro atoms. The van der Waals surface area contributed by atoms with Gasteiger partial charge in [-0.05, 0) is 31.0 Å². The van der Waals surface area contributed by atoms with E-state index in [0.717, 1.165) is 50.7 Å². The molecule has 1 aromatic carbocycles. The fourth-order valence-corrected chi connectivity index (χ4v) is 3.32. The first kappa shape index (κ1) is 13.6. The molecule has 0 aliphatic carbocycles. The molecular weight excluding hydrogens is 278 g/mol. The lowest BCUT2D eigenvalue weighted by atomic mass is 10.1. The Balaban J connectivity index is 1.72. The van der Waals surface area contributed by atoms with Crippen molar-refractivity contribution in [1.82, 2.24) is 4.98 Å². The first-order valence-corrected chi connectivity index (χ1v) is 8.02. The highest BCUT2D eigenvalue weighted by Crippen LogP contribution is 2.36. The van der Waals surface area contributed by atoms with Crippen molar-refractivity contribution in [1.29, 1.82) is 0 Å². The van der Waals surface area contributed by atoms with Gasteiger partial charge in [0, 0.05) is 31.7 Å². The van der Waals surface area contributed by atoms with Crippen LogP contribution in [0.2, 0.25) is 0 Å². The number of rotatable bonds is 3. The third kappa shape index (κ3) is 2.57. The summed E-state index contributed by atoms with van der Waals surface area (Å²) in [4.78, 5) is 8.95. The zero-order chi connectivity index (χ0) is 14.8. The predicted octanol–water partition coefficient (Wildman–Crippen LogP) is 2.78. The molecule has 1 aromatic heterocycles. The summed E-state index contributed by atoms with van der Waals surface area (Å²) in [6, 6.07) is 6.60. The van der Waals surface area contributed by atoms with Crippen molar-refractivity contribution in [2.45, 2.75) is 12.8 Å². The summed E-state index contributed by atoms with van der Waals surface area (Å²) in [6.07, 6.45) is 5.81. The minimum Gasteiger partial charge on any atom is -0.444 e. The van der Waals surface area contributed by atoms with Crippen LogP contribution in [0.1, 0.15) is 12.8 Å². The lowest BCUT2D eigenvalue weighted by Crippen LogP contribution is -2.37. The van der Waals surface area contributed by atoms with Gasteiger partial charge in [0.1, 0.15) is 0 Å². The van der Waals surface area contributed by atoms with Gasteiger partial charge in [-0.25, -0.2) is 4.98 Å². The molecule has 2 aromatic rings. The van der Waals surface area contributed by atoms with Gasteiger partial charge in [-0.2, -0.15) is 0 Å². The maximum Gasteiger partial charge on any atom is 0.181 e. The molecule has 0 unspecified atom stereocenters. The molecule has 5 nitrogen and oxygen atoms in total. The maximum absolute atomic E-state index is 5.49. The monoisotopic (exact) mass is 299 g/mol. The van der Waals surface area contributed by atoms with Crippen molar-refractivity contribution in [3.05, 3.63) is 30.8 Å². The van der Waals surface area contributed by atoms with Crippen molar-refractivity contribution < 1.29 is 9.15 Å². The first-order chi connectivity index (χ1) is 10.9. The summed E-state index contributed by atoms with van der Waals surface area (Å²) < 4.78 is 10.9. The van der Waals surface area contributed by atoms with Gasteiger partial charge < -0.3 is 19.0 Å². The average Bonchev–Trinajstić information content (AvgIpc) is 3.29. The van der Waals surface area contributed by atoms with Gasteiger partial charge in [0.2, 0.25) is 0 Å². The molecule has 3 heterocycles. The molecule has 2 aliphatic rings. The Kier molecular flexibility index (Phi) is 3.72. The SMILES string of the molecule is c1ncc(-c2ccc(N3CCOCC3)c(N3CCCC3)c2)o1. The minimum absolute atomic E-state index is 0.809. The quantitative estimate of drug-likeness (QED) is 0.872. The summed E-state index contributed by atoms with van der Waals surface area (Å²) in [7, 11) is 0. The van der Waals surface area contributed by atoms with Gasteiger partial charge in [-0.15, -0.1) is 0 Å². The number of hydrogen-bond donors (Lipinski definition) is 0. The molecule has 0 N–H and O–H groups in total. The van der Waals surface area contributed by atoms with Gasteiger partial charge in [0.05, 0.1) is 30.8 Å². The van der Waals surface area contributed by atoms with E-state index in [4.69, 9.17) is 9.15 Å². The predicted molar refractivity (Wildman–Crippen MR) is 86.4 cm³/mol. The average molecular weight is 299 g/mol. The van der Waals surface area contributed by atoms with E-state index in [1.807, 2.05) is 0 Å². The van der Waals surface area contributed by atoms with E-state index in [9.17, 15) is 0 Å². The number of benzene rings is 1. The molecular formula is C17H21N3O2. The molecule has 5 heteroatoms. The van der Waals surface area contributed by atoms with Gasteiger partial charge in [0.15, 0.2) is 12.2 Å². The van der Waals surface area contributed by atoms with Crippen LogP contribution in [0.4, 0.5) is 11.4 Å². The third-order valence-electron chi connectivity index (χ3n) is 4.49. The molecule has 116 valence electrons. The Hall–Kier alpha value is -2.01. The number of ether oxygens (including phenoxy) is 1. The molecule has 0 saturated carbocycles. The van der Waals surface area contributed by atoms with Crippen LogP contribution in [-0.2, 0) is 4.74 Å². The van der Waals surface area contributed by atoms with Crippen molar-refractivity contribution in [3.63, 3.8) is 0 Å². The van der Waals surface area contributed by atoms with Crippen LogP contribution in [0.5, 0.6) is 0 Å². The molecule has 0 amide bonds. The van der Waals surface area contributed by atoms with Crippen molar-refractivity contribution in [3.8, 4) is 11.3 Å². The number of morpholine rings is 1. The fraction of sp³-hybridized carbons (Fsp3) is 0.471. The van der Waals surface area contributed by atoms with Gasteiger partial charge in [-0.1, -0.05) is 0 Å². The third-order valence-corrected chi connectivity index (χ3v) is 4.49. The molecule has 0 radical (unpaired) electrons. The van der Waals surface area contributed by atoms with Crippen molar-refractivity contribution in [2.24, 2.45) is 0 Å². The van der Waals surface area contributed by atoms with Gasteiger partial charge >= 0.3 is 0 Å². The second kappa shape index (κ2) is 6.01. The standard InChI is InChI=1S/C17H21N3O2/c1-2-6-19(5-1)16-11-14(17-12-18-13-22-17)3-4-15(16)20-7-9-21-10-8-20/h3-4,11-13H,1-2,5-10H2. The fourth-order valence-electron chi connectivity index (χ4n) is 3.32. The van der Waals surface area contributed by atoms with Gasteiger partial charge in [-0.3, -0.25) is 0 Å². The summed E-state index contributed by atoms with van der Waals surface area (Å²) in [5.41, 5.74) is 3.72. The van der Waals surface area contributed by atoms with Crippen LogP contribution in [0.15, 0.2) is 35.2 Å². The Morgan fingerprint density at radius 2 is 1.68 bits per heavy atom. The zero-order valence-electron chi connectivity index (χ0n) is 12.7. The molecule has 4 rings (SSSR count). The first-order valence-electron chi connectivity index (χ1n) is 8.02. The summed E-state index contributed by atoms with van der Waals surface area (Å²) >= 11 is 0. The maximum atomic E-state index is 5.49. The summed E-state index contributed by atoms with van der Waals surface area (Å²) in [6.45, 7) is 5.81. The lowest BCUT2D eigenvalue weighted by molar-refractivity contribution is 0.122. The summed E-state index contributed by atoms with van der Waals surface area (Å²) in [5.74, 6) is 0.828. The van der Waals surface area contributed by atoms with E-state index in [2.05, 4.69) is 33.0 Å². The number of aromatic nitrogens is 1. The van der Waals surface area contributed by atoms with Crippen LogP contribution in [0.25, 0.3) is 11.3 Å². The number of hydrogen-bond acceptors (Lipinski definition) is 5. The van der Waals surface area contributed by atoms with E-state index in [1.165, 1.54) is 30.6 Å². The Labute approximate surface area is 130 Å². The molecule has 2 saturated heterocycles. The van der Waals surface area contributed by atoms with Crippen LogP contribution in [0, 0.1) is 0 Å². The van der Waals surface area contributed by atoms with E-state index in [-0.39, 0.29) is 0 Å². The number of anilines is 2. The highest BCUT2D eigenvalue weighted by molar-refractivity contribution is 5.78. The minimum atomic E-state index is 0.809. The molecule has 0 bridgehead atoms. The van der Waals surface area contributed by atoms with Crippen molar-refractivity contribution in [2.75, 3.05) is 49.2 Å². The Morgan fingerprint density at radius 3 is 2.41 bits per heavy atom.